The molecule has 2 aromatic rings. The van der Waals surface area contributed by atoms with Gasteiger partial charge in [-0.05, 0) is 35.9 Å². The van der Waals surface area contributed by atoms with Crippen LogP contribution in [0.5, 0.6) is 0 Å². The molecule has 0 spiro atoms. The van der Waals surface area contributed by atoms with E-state index in [1.165, 1.54) is 0 Å². The fourth-order valence-corrected chi connectivity index (χ4v) is 1.52. The maximum atomic E-state index is 5.95. The van der Waals surface area contributed by atoms with Gasteiger partial charge >= 0.3 is 0 Å². The summed E-state index contributed by atoms with van der Waals surface area (Å²) in [5.74, 6) is 0.830. The van der Waals surface area contributed by atoms with E-state index < -0.39 is 0 Å². The molecule has 1 aromatic heterocycles. The fraction of sp³-hybridized carbons (Fsp3) is 0.0909. The predicted octanol–water partition coefficient (Wildman–Crippen LogP) is 3.06. The molecule has 0 saturated carbocycles. The van der Waals surface area contributed by atoms with E-state index in [2.05, 4.69) is 0 Å². The fourth-order valence-electron chi connectivity index (χ4n) is 1.33. The van der Waals surface area contributed by atoms with Crippen LogP contribution in [0.25, 0.3) is 11.3 Å². The Morgan fingerprint density at radius 1 is 1.29 bits per heavy atom. The third-order valence-corrected chi connectivity index (χ3v) is 2.44. The van der Waals surface area contributed by atoms with Crippen molar-refractivity contribution in [3.05, 3.63) is 47.2 Å². The molecule has 2 rings (SSSR count). The Hall–Kier alpha value is -1.25. The number of hydrogen-bond acceptors (Lipinski definition) is 2. The van der Waals surface area contributed by atoms with Gasteiger partial charge < -0.3 is 10.2 Å². The highest BCUT2D eigenvalue weighted by atomic mass is 35.5. The topological polar surface area (TPSA) is 39.2 Å². The summed E-state index contributed by atoms with van der Waals surface area (Å²) < 4.78 is 5.28. The molecule has 0 atom stereocenters. The monoisotopic (exact) mass is 207 g/mol. The zero-order valence-corrected chi connectivity index (χ0v) is 8.29. The molecule has 0 aliphatic rings. The Morgan fingerprint density at radius 3 is 2.79 bits per heavy atom. The summed E-state index contributed by atoms with van der Waals surface area (Å²) >= 11 is 5.95. The highest BCUT2D eigenvalue weighted by molar-refractivity contribution is 6.31. The molecule has 2 N–H and O–H groups in total. The first-order valence-corrected chi connectivity index (χ1v) is 4.71. The van der Waals surface area contributed by atoms with Gasteiger partial charge in [0.05, 0.1) is 6.26 Å². The summed E-state index contributed by atoms with van der Waals surface area (Å²) in [6, 6.07) is 9.46. The van der Waals surface area contributed by atoms with E-state index in [0.29, 0.717) is 11.6 Å². The van der Waals surface area contributed by atoms with Crippen LogP contribution in [-0.2, 0) is 6.54 Å². The molecule has 0 aliphatic carbocycles. The lowest BCUT2D eigenvalue weighted by atomic mass is 10.1. The van der Waals surface area contributed by atoms with Crippen molar-refractivity contribution < 1.29 is 4.42 Å². The van der Waals surface area contributed by atoms with Crippen molar-refractivity contribution in [2.75, 3.05) is 0 Å². The Bertz CT molecular complexity index is 423. The van der Waals surface area contributed by atoms with Gasteiger partial charge in [0.1, 0.15) is 5.76 Å². The van der Waals surface area contributed by atoms with Gasteiger partial charge in [-0.3, -0.25) is 0 Å². The largest absolute Gasteiger partial charge is 0.464 e. The van der Waals surface area contributed by atoms with Gasteiger partial charge in [-0.25, -0.2) is 0 Å². The van der Waals surface area contributed by atoms with Crippen LogP contribution in [-0.4, -0.2) is 0 Å². The molecule has 14 heavy (non-hydrogen) atoms. The third-order valence-electron chi connectivity index (χ3n) is 2.07. The second kappa shape index (κ2) is 3.86. The number of furan rings is 1. The molecule has 1 aromatic carbocycles. The van der Waals surface area contributed by atoms with Crippen molar-refractivity contribution in [2.24, 2.45) is 5.73 Å². The van der Waals surface area contributed by atoms with Crippen molar-refractivity contribution in [1.82, 2.24) is 0 Å². The quantitative estimate of drug-likeness (QED) is 0.822. The lowest BCUT2D eigenvalue weighted by Crippen LogP contribution is -1.97. The average Bonchev–Trinajstić information content (AvgIpc) is 2.71. The Balaban J connectivity index is 2.46. The van der Waals surface area contributed by atoms with Gasteiger partial charge in [-0.1, -0.05) is 11.6 Å². The highest BCUT2D eigenvalue weighted by Crippen LogP contribution is 2.25. The van der Waals surface area contributed by atoms with Gasteiger partial charge in [0.15, 0.2) is 0 Å². The molecule has 0 amide bonds. The summed E-state index contributed by atoms with van der Waals surface area (Å²) in [5.41, 5.74) is 7.49. The average molecular weight is 208 g/mol. The molecule has 0 aliphatic heterocycles. The second-order valence-electron chi connectivity index (χ2n) is 2.99. The highest BCUT2D eigenvalue weighted by Gasteiger charge is 2.03. The van der Waals surface area contributed by atoms with Gasteiger partial charge in [0.2, 0.25) is 0 Å². The van der Waals surface area contributed by atoms with E-state index in [1.54, 1.807) is 6.26 Å². The number of hydrogen-bond donors (Lipinski definition) is 1. The van der Waals surface area contributed by atoms with Gasteiger partial charge in [-0.15, -0.1) is 0 Å². The van der Waals surface area contributed by atoms with Crippen molar-refractivity contribution in [2.45, 2.75) is 6.54 Å². The first-order chi connectivity index (χ1) is 6.81. The Kier molecular flexibility index (Phi) is 2.57. The number of rotatable bonds is 2. The number of nitrogens with two attached hydrogens (primary N) is 1. The summed E-state index contributed by atoms with van der Waals surface area (Å²) in [4.78, 5) is 0. The first kappa shape index (κ1) is 9.31. The van der Waals surface area contributed by atoms with E-state index in [9.17, 15) is 0 Å². The third kappa shape index (κ3) is 1.67. The van der Waals surface area contributed by atoms with Crippen LogP contribution in [0.1, 0.15) is 5.56 Å². The molecule has 0 bridgehead atoms. The van der Waals surface area contributed by atoms with Crippen LogP contribution in [0.15, 0.2) is 41.0 Å². The summed E-state index contributed by atoms with van der Waals surface area (Å²) in [5, 5.41) is 0.697. The van der Waals surface area contributed by atoms with E-state index >= 15 is 0 Å². The van der Waals surface area contributed by atoms with Crippen LogP contribution in [0.3, 0.4) is 0 Å². The normalized spacial score (nSPS) is 10.4. The van der Waals surface area contributed by atoms with Crippen LogP contribution >= 0.6 is 11.6 Å². The minimum atomic E-state index is 0.438. The molecule has 0 fully saturated rings. The zero-order chi connectivity index (χ0) is 9.97. The lowest BCUT2D eigenvalue weighted by Gasteiger charge is -2.03. The van der Waals surface area contributed by atoms with E-state index in [0.717, 1.165) is 16.9 Å². The van der Waals surface area contributed by atoms with E-state index in [4.69, 9.17) is 21.8 Å². The smallest absolute Gasteiger partial charge is 0.133 e. The second-order valence-corrected chi connectivity index (χ2v) is 3.39. The predicted molar refractivity (Wildman–Crippen MR) is 57.0 cm³/mol. The molecule has 2 nitrogen and oxygen atoms in total. The summed E-state index contributed by atoms with van der Waals surface area (Å²) in [7, 11) is 0. The summed E-state index contributed by atoms with van der Waals surface area (Å²) in [6.45, 7) is 0.438. The number of benzene rings is 1. The van der Waals surface area contributed by atoms with Crippen molar-refractivity contribution in [3.63, 3.8) is 0 Å². The minimum absolute atomic E-state index is 0.438. The van der Waals surface area contributed by atoms with Gasteiger partial charge in [0.25, 0.3) is 0 Å². The maximum absolute atomic E-state index is 5.95. The van der Waals surface area contributed by atoms with Crippen molar-refractivity contribution in [1.29, 1.82) is 0 Å². The van der Waals surface area contributed by atoms with E-state index in [1.807, 2.05) is 30.3 Å². The van der Waals surface area contributed by atoms with Gasteiger partial charge in [-0.2, -0.15) is 0 Å². The lowest BCUT2D eigenvalue weighted by molar-refractivity contribution is 0.582. The van der Waals surface area contributed by atoms with Crippen molar-refractivity contribution >= 4 is 11.6 Å². The first-order valence-electron chi connectivity index (χ1n) is 4.33. The molecule has 72 valence electrons. The molecular formula is C11H10ClNO. The minimum Gasteiger partial charge on any atom is -0.464 e. The van der Waals surface area contributed by atoms with Crippen LogP contribution < -0.4 is 5.73 Å². The van der Waals surface area contributed by atoms with Crippen molar-refractivity contribution in [3.8, 4) is 11.3 Å². The summed E-state index contributed by atoms with van der Waals surface area (Å²) in [6.07, 6.45) is 1.64. The molecule has 0 radical (unpaired) electrons. The molecule has 0 unspecified atom stereocenters. The molecular weight excluding hydrogens is 198 g/mol. The van der Waals surface area contributed by atoms with E-state index in [-0.39, 0.29) is 0 Å². The molecule has 3 heteroatoms. The Morgan fingerprint density at radius 2 is 2.14 bits per heavy atom. The molecule has 1 heterocycles. The molecule has 0 saturated heterocycles. The van der Waals surface area contributed by atoms with Crippen LogP contribution in [0.4, 0.5) is 0 Å². The van der Waals surface area contributed by atoms with Crippen LogP contribution in [0, 0.1) is 0 Å². The standard InChI is InChI=1S/C11H10ClNO/c12-10-4-3-8(6-9(10)7-13)11-2-1-5-14-11/h1-6H,7,13H2. The Labute approximate surface area is 87.3 Å². The maximum Gasteiger partial charge on any atom is 0.133 e. The zero-order valence-electron chi connectivity index (χ0n) is 7.53. The van der Waals surface area contributed by atoms with Gasteiger partial charge in [0, 0.05) is 17.1 Å². The number of halogens is 1. The SMILES string of the molecule is NCc1cc(-c2ccco2)ccc1Cl. The van der Waals surface area contributed by atoms with Crippen LogP contribution in [0.2, 0.25) is 5.02 Å².